The van der Waals surface area contributed by atoms with E-state index in [4.69, 9.17) is 21.7 Å². The van der Waals surface area contributed by atoms with E-state index in [0.29, 0.717) is 28.6 Å². The van der Waals surface area contributed by atoms with Gasteiger partial charge in [0, 0.05) is 5.56 Å². The zero-order valence-corrected chi connectivity index (χ0v) is 16.6. The Morgan fingerprint density at radius 3 is 2.65 bits per heavy atom. The maximum absolute atomic E-state index is 12.8. The number of thioether (sulfide) groups is 1. The fraction of sp³-hybridized carbons (Fsp3) is 0.389. The van der Waals surface area contributed by atoms with Crippen molar-refractivity contribution < 1.29 is 24.2 Å². The van der Waals surface area contributed by atoms with Crippen LogP contribution in [0.2, 0.25) is 0 Å². The van der Waals surface area contributed by atoms with E-state index in [1.165, 1.54) is 4.90 Å². The molecule has 1 aliphatic rings. The van der Waals surface area contributed by atoms with Gasteiger partial charge in [-0.25, -0.2) is 4.79 Å². The first kappa shape index (κ1) is 20.3. The molecule has 1 amide bonds. The molecule has 1 aromatic rings. The van der Waals surface area contributed by atoms with Gasteiger partial charge < -0.3 is 14.6 Å². The monoisotopic (exact) mass is 395 g/mol. The molecule has 1 saturated heterocycles. The van der Waals surface area contributed by atoms with Gasteiger partial charge in [-0.2, -0.15) is 0 Å². The molecule has 1 atom stereocenters. The molecule has 8 heteroatoms. The number of para-hydroxylation sites is 1. The third-order valence-corrected chi connectivity index (χ3v) is 5.12. The van der Waals surface area contributed by atoms with Gasteiger partial charge in [0.15, 0.2) is 11.5 Å². The Hall–Kier alpha value is -2.06. The molecule has 0 aliphatic carbocycles. The van der Waals surface area contributed by atoms with Gasteiger partial charge in [-0.3, -0.25) is 9.69 Å². The summed E-state index contributed by atoms with van der Waals surface area (Å²) in [6.07, 6.45) is 1.66. The van der Waals surface area contributed by atoms with Crippen LogP contribution in [0.1, 0.15) is 26.3 Å². The number of rotatable bonds is 7. The summed E-state index contributed by atoms with van der Waals surface area (Å²) in [7, 11) is 1.54. The lowest BCUT2D eigenvalue weighted by Crippen LogP contribution is -2.47. The highest BCUT2D eigenvalue weighted by Crippen LogP contribution is 2.38. The first-order valence-corrected chi connectivity index (χ1v) is 9.33. The molecule has 1 heterocycles. The zero-order valence-electron chi connectivity index (χ0n) is 15.0. The molecule has 1 aliphatic heterocycles. The van der Waals surface area contributed by atoms with Gasteiger partial charge >= 0.3 is 5.97 Å². The Bertz CT molecular complexity index is 760. The minimum absolute atomic E-state index is 0.239. The Morgan fingerprint density at radius 1 is 1.42 bits per heavy atom. The molecule has 140 valence electrons. The maximum Gasteiger partial charge on any atom is 0.327 e. The lowest BCUT2D eigenvalue weighted by Gasteiger charge is -2.26. The largest absolute Gasteiger partial charge is 0.493 e. The van der Waals surface area contributed by atoms with Crippen molar-refractivity contribution in [1.82, 2.24) is 4.90 Å². The normalized spacial score (nSPS) is 17.1. The van der Waals surface area contributed by atoms with Crippen molar-refractivity contribution in [2.45, 2.75) is 26.8 Å². The number of aliphatic carboxylic acids is 1. The molecule has 6 nitrogen and oxygen atoms in total. The maximum atomic E-state index is 12.8. The smallest absolute Gasteiger partial charge is 0.327 e. The van der Waals surface area contributed by atoms with Crippen molar-refractivity contribution in [2.24, 2.45) is 5.92 Å². The second kappa shape index (κ2) is 8.55. The van der Waals surface area contributed by atoms with Crippen LogP contribution in [0, 0.1) is 5.92 Å². The highest BCUT2D eigenvalue weighted by Gasteiger charge is 2.42. The average molecular weight is 396 g/mol. The molecule has 0 unspecified atom stereocenters. The number of carbonyl (C=O) groups is 2. The van der Waals surface area contributed by atoms with Crippen LogP contribution in [0.5, 0.6) is 11.5 Å². The molecular weight excluding hydrogens is 374 g/mol. The van der Waals surface area contributed by atoms with Gasteiger partial charge in [0.25, 0.3) is 5.91 Å². The Labute approximate surface area is 162 Å². The summed E-state index contributed by atoms with van der Waals surface area (Å²) in [5.74, 6) is -0.673. The second-order valence-electron chi connectivity index (χ2n) is 5.89. The van der Waals surface area contributed by atoms with Crippen LogP contribution in [0.3, 0.4) is 0 Å². The molecular formula is C18H21NO5S2. The van der Waals surface area contributed by atoms with E-state index < -0.39 is 17.9 Å². The number of hydrogen-bond acceptors (Lipinski definition) is 6. The third kappa shape index (κ3) is 4.02. The fourth-order valence-electron chi connectivity index (χ4n) is 2.66. The molecule has 2 rings (SSSR count). The van der Waals surface area contributed by atoms with Gasteiger partial charge in [0.05, 0.1) is 18.6 Å². The van der Waals surface area contributed by atoms with Crippen LogP contribution >= 0.6 is 24.0 Å². The lowest BCUT2D eigenvalue weighted by molar-refractivity contribution is -0.146. The molecule has 0 radical (unpaired) electrons. The third-order valence-electron chi connectivity index (χ3n) is 3.79. The number of methoxy groups -OCH3 is 1. The Kier molecular flexibility index (Phi) is 6.66. The van der Waals surface area contributed by atoms with Gasteiger partial charge in [-0.15, -0.1) is 0 Å². The first-order valence-electron chi connectivity index (χ1n) is 8.11. The summed E-state index contributed by atoms with van der Waals surface area (Å²) in [6.45, 7) is 5.79. The molecule has 1 aromatic carbocycles. The van der Waals surface area contributed by atoms with E-state index in [0.717, 1.165) is 11.8 Å². The second-order valence-corrected chi connectivity index (χ2v) is 7.57. The number of thiocarbonyl (C=S) groups is 1. The van der Waals surface area contributed by atoms with E-state index in [1.54, 1.807) is 45.2 Å². The minimum atomic E-state index is -1.08. The van der Waals surface area contributed by atoms with Gasteiger partial charge in [0.1, 0.15) is 10.4 Å². The first-order chi connectivity index (χ1) is 12.3. The predicted molar refractivity (Wildman–Crippen MR) is 105 cm³/mol. The van der Waals surface area contributed by atoms with Crippen LogP contribution in [0.15, 0.2) is 23.1 Å². The summed E-state index contributed by atoms with van der Waals surface area (Å²) in [6, 6.07) is 4.37. The number of carbonyl (C=O) groups excluding carboxylic acids is 1. The fourth-order valence-corrected chi connectivity index (χ4v) is 3.98. The average Bonchev–Trinajstić information content (AvgIpc) is 2.84. The van der Waals surface area contributed by atoms with Gasteiger partial charge in [0.2, 0.25) is 0 Å². The lowest BCUT2D eigenvalue weighted by atomic mass is 10.0. The van der Waals surface area contributed by atoms with Crippen LogP contribution in [-0.2, 0) is 9.59 Å². The van der Waals surface area contributed by atoms with Crippen molar-refractivity contribution in [3.8, 4) is 11.5 Å². The van der Waals surface area contributed by atoms with Gasteiger partial charge in [-0.05, 0) is 25.0 Å². The molecule has 0 saturated carbocycles. The summed E-state index contributed by atoms with van der Waals surface area (Å²) < 4.78 is 11.2. The number of amides is 1. The Morgan fingerprint density at radius 2 is 2.12 bits per heavy atom. The predicted octanol–water partition coefficient (Wildman–Crippen LogP) is 3.40. The number of benzene rings is 1. The highest BCUT2D eigenvalue weighted by atomic mass is 32.2. The summed E-state index contributed by atoms with van der Waals surface area (Å²) >= 11 is 6.36. The number of hydrogen-bond donors (Lipinski definition) is 1. The molecule has 0 aromatic heterocycles. The topological polar surface area (TPSA) is 76.1 Å². The number of nitrogens with zero attached hydrogens (tertiary/aromatic N) is 1. The van der Waals surface area contributed by atoms with E-state index in [1.807, 2.05) is 6.92 Å². The summed E-state index contributed by atoms with van der Waals surface area (Å²) in [5.41, 5.74) is 0.670. The highest BCUT2D eigenvalue weighted by molar-refractivity contribution is 8.26. The van der Waals surface area contributed by atoms with Crippen LogP contribution in [0.4, 0.5) is 0 Å². The van der Waals surface area contributed by atoms with E-state index in [9.17, 15) is 14.7 Å². The van der Waals surface area contributed by atoms with Gasteiger partial charge in [-0.1, -0.05) is 50.0 Å². The number of ether oxygens (including phenoxy) is 2. The van der Waals surface area contributed by atoms with Crippen LogP contribution in [-0.4, -0.2) is 46.0 Å². The molecule has 1 fully saturated rings. The quantitative estimate of drug-likeness (QED) is 0.560. The standard InChI is InChI=1S/C18H21NO5S2/c1-5-24-15-11(7-6-8-12(15)23-4)9-13-16(20)19(18(25)26-13)14(10(2)3)17(21)22/h6-10,14H,5H2,1-4H3,(H,21,22)/b13-9-/t14-/m0/s1. The van der Waals surface area contributed by atoms with Crippen molar-refractivity contribution >= 4 is 46.3 Å². The zero-order chi connectivity index (χ0) is 19.4. The SMILES string of the molecule is CCOc1c(/C=C2\SC(=S)N([C@H](C(=O)O)C(C)C)C2=O)cccc1OC. The van der Waals surface area contributed by atoms with Crippen molar-refractivity contribution in [3.05, 3.63) is 28.7 Å². The summed E-state index contributed by atoms with van der Waals surface area (Å²) in [4.78, 5) is 25.9. The summed E-state index contributed by atoms with van der Waals surface area (Å²) in [5, 5.41) is 9.48. The number of carboxylic acids is 1. The van der Waals surface area contributed by atoms with Crippen LogP contribution < -0.4 is 9.47 Å². The van der Waals surface area contributed by atoms with Crippen molar-refractivity contribution in [2.75, 3.05) is 13.7 Å². The molecule has 0 spiro atoms. The van der Waals surface area contributed by atoms with Crippen molar-refractivity contribution in [1.29, 1.82) is 0 Å². The molecule has 1 N–H and O–H groups in total. The van der Waals surface area contributed by atoms with Crippen LogP contribution in [0.25, 0.3) is 6.08 Å². The van der Waals surface area contributed by atoms with E-state index in [2.05, 4.69) is 0 Å². The van der Waals surface area contributed by atoms with E-state index >= 15 is 0 Å². The Balaban J connectivity index is 2.44. The molecule has 26 heavy (non-hydrogen) atoms. The van der Waals surface area contributed by atoms with E-state index in [-0.39, 0.29) is 10.2 Å². The molecule has 0 bridgehead atoms. The van der Waals surface area contributed by atoms with Crippen molar-refractivity contribution in [3.63, 3.8) is 0 Å². The number of carboxylic acid groups (broad SMARTS) is 1. The minimum Gasteiger partial charge on any atom is -0.493 e.